The summed E-state index contributed by atoms with van der Waals surface area (Å²) >= 11 is 12.4. The molecular formula is C27H25Cl2F3N6. The molecule has 1 atom stereocenters. The second-order valence-electron chi connectivity index (χ2n) is 9.84. The second kappa shape index (κ2) is 9.93. The van der Waals surface area contributed by atoms with Crippen molar-refractivity contribution < 1.29 is 13.2 Å². The number of hydrogen-bond donors (Lipinski definition) is 1. The Balaban J connectivity index is 1.19. The molecule has 0 unspecified atom stereocenters. The lowest BCUT2D eigenvalue weighted by Gasteiger charge is -2.34. The molecule has 6 rings (SSSR count). The second-order valence-corrected chi connectivity index (χ2v) is 10.7. The van der Waals surface area contributed by atoms with Gasteiger partial charge in [-0.3, -0.25) is 0 Å². The molecule has 2 aliphatic rings. The minimum atomic E-state index is -4.35. The van der Waals surface area contributed by atoms with Gasteiger partial charge < -0.3 is 14.8 Å². The predicted molar refractivity (Wildman–Crippen MR) is 143 cm³/mol. The number of aromatic nitrogens is 4. The number of anilines is 2. The van der Waals surface area contributed by atoms with Gasteiger partial charge in [-0.1, -0.05) is 41.4 Å². The number of imidazole rings is 1. The van der Waals surface area contributed by atoms with E-state index in [-0.39, 0.29) is 12.0 Å². The summed E-state index contributed by atoms with van der Waals surface area (Å²) in [5.74, 6) is 2.29. The predicted octanol–water partition coefficient (Wildman–Crippen LogP) is 7.40. The quantitative estimate of drug-likeness (QED) is 0.281. The first kappa shape index (κ1) is 25.2. The van der Waals surface area contributed by atoms with Gasteiger partial charge >= 0.3 is 6.18 Å². The van der Waals surface area contributed by atoms with Crippen LogP contribution in [0.5, 0.6) is 0 Å². The van der Waals surface area contributed by atoms with Crippen LogP contribution in [-0.2, 0) is 6.18 Å². The highest BCUT2D eigenvalue weighted by Gasteiger charge is 2.36. The molecular weight excluding hydrogens is 536 g/mol. The van der Waals surface area contributed by atoms with Crippen molar-refractivity contribution in [2.45, 2.75) is 43.8 Å². The topological polar surface area (TPSA) is 60.9 Å². The summed E-state index contributed by atoms with van der Waals surface area (Å²) in [6.45, 7) is 2.08. The molecule has 38 heavy (non-hydrogen) atoms. The van der Waals surface area contributed by atoms with E-state index in [9.17, 15) is 13.2 Å². The molecule has 2 saturated heterocycles. The summed E-state index contributed by atoms with van der Waals surface area (Å²) in [5, 5.41) is 0.940. The van der Waals surface area contributed by atoms with Crippen LogP contribution >= 0.6 is 23.2 Å². The summed E-state index contributed by atoms with van der Waals surface area (Å²) in [7, 11) is 0. The molecule has 2 aromatic heterocycles. The van der Waals surface area contributed by atoms with E-state index in [1.807, 2.05) is 6.07 Å². The molecule has 0 radical (unpaired) electrons. The minimum absolute atomic E-state index is 0.0207. The van der Waals surface area contributed by atoms with Gasteiger partial charge in [0.25, 0.3) is 0 Å². The Labute approximate surface area is 227 Å². The van der Waals surface area contributed by atoms with Gasteiger partial charge in [-0.05, 0) is 55.4 Å². The zero-order valence-corrected chi connectivity index (χ0v) is 21.9. The molecule has 0 spiro atoms. The Morgan fingerprint density at radius 1 is 0.895 bits per heavy atom. The van der Waals surface area contributed by atoms with Crippen molar-refractivity contribution in [1.29, 1.82) is 0 Å². The molecule has 2 fully saturated rings. The number of piperidine rings is 1. The van der Waals surface area contributed by atoms with Crippen LogP contribution in [0.25, 0.3) is 11.0 Å². The van der Waals surface area contributed by atoms with Crippen molar-refractivity contribution in [3.05, 3.63) is 75.8 Å². The van der Waals surface area contributed by atoms with Crippen LogP contribution in [0.15, 0.2) is 48.8 Å². The summed E-state index contributed by atoms with van der Waals surface area (Å²) in [6, 6.07) is 11.5. The zero-order chi connectivity index (χ0) is 26.4. The normalized spacial score (nSPS) is 19.0. The van der Waals surface area contributed by atoms with Crippen LogP contribution in [0.4, 0.5) is 24.8 Å². The zero-order valence-electron chi connectivity index (χ0n) is 20.3. The lowest BCUT2D eigenvalue weighted by Crippen LogP contribution is -2.34. The van der Waals surface area contributed by atoms with Crippen LogP contribution < -0.4 is 9.80 Å². The molecule has 4 aromatic rings. The SMILES string of the molecule is FC(F)(F)c1ccccc1C1CCN(c2cc(N3CCC[C@H]3c3nc4cc(Cl)c(Cl)cc4[nH]3)ncn2)CC1. The molecule has 198 valence electrons. The number of alkyl halides is 3. The first-order valence-electron chi connectivity index (χ1n) is 12.6. The monoisotopic (exact) mass is 560 g/mol. The molecule has 0 bridgehead atoms. The van der Waals surface area contributed by atoms with Gasteiger partial charge in [-0.2, -0.15) is 13.2 Å². The molecule has 0 amide bonds. The molecule has 0 saturated carbocycles. The Hall–Kier alpha value is -3.04. The van der Waals surface area contributed by atoms with Crippen LogP contribution in [0.1, 0.15) is 54.6 Å². The van der Waals surface area contributed by atoms with E-state index in [0.29, 0.717) is 41.5 Å². The van der Waals surface area contributed by atoms with E-state index in [2.05, 4.69) is 24.8 Å². The standard InChI is InChI=1S/C27H25Cl2F3N6/c28-19-12-21-22(13-20(19)29)36-26(35-21)23-6-3-9-38(23)25-14-24(33-15-34-25)37-10-7-16(8-11-37)17-4-1-2-5-18(17)27(30,31)32/h1-2,4-5,12-16,23H,3,6-11H2,(H,35,36)/t23-/m0/s1. The number of rotatable bonds is 4. The van der Waals surface area contributed by atoms with Crippen LogP contribution in [0.3, 0.4) is 0 Å². The number of halogens is 5. The molecule has 0 aliphatic carbocycles. The van der Waals surface area contributed by atoms with Crippen molar-refractivity contribution in [2.75, 3.05) is 29.4 Å². The maximum absolute atomic E-state index is 13.5. The first-order valence-corrected chi connectivity index (χ1v) is 13.4. The number of H-pyrrole nitrogens is 1. The Morgan fingerprint density at radius 3 is 2.42 bits per heavy atom. The molecule has 11 heteroatoms. The third-order valence-electron chi connectivity index (χ3n) is 7.57. The van der Waals surface area contributed by atoms with Gasteiger partial charge in [0.15, 0.2) is 0 Å². The van der Waals surface area contributed by atoms with Crippen molar-refractivity contribution in [1.82, 2.24) is 19.9 Å². The third-order valence-corrected chi connectivity index (χ3v) is 8.29. The summed E-state index contributed by atoms with van der Waals surface area (Å²) < 4.78 is 40.6. The third kappa shape index (κ3) is 4.78. The summed E-state index contributed by atoms with van der Waals surface area (Å²) in [5.41, 5.74) is 1.45. The van der Waals surface area contributed by atoms with Crippen LogP contribution in [0.2, 0.25) is 10.0 Å². The van der Waals surface area contributed by atoms with E-state index < -0.39 is 11.7 Å². The summed E-state index contributed by atoms with van der Waals surface area (Å²) in [4.78, 5) is 21.6. The number of fused-ring (bicyclic) bond motifs is 1. The number of aromatic amines is 1. The van der Waals surface area contributed by atoms with Crippen molar-refractivity contribution >= 4 is 45.9 Å². The number of nitrogens with zero attached hydrogens (tertiary/aromatic N) is 5. The van der Waals surface area contributed by atoms with Crippen LogP contribution in [0, 0.1) is 0 Å². The van der Waals surface area contributed by atoms with Gasteiger partial charge in [0.05, 0.1) is 32.7 Å². The van der Waals surface area contributed by atoms with E-state index in [4.69, 9.17) is 28.2 Å². The number of nitrogens with one attached hydrogen (secondary N) is 1. The van der Waals surface area contributed by atoms with E-state index >= 15 is 0 Å². The smallest absolute Gasteiger partial charge is 0.356 e. The minimum Gasteiger partial charge on any atom is -0.356 e. The molecule has 1 N–H and O–H groups in total. The largest absolute Gasteiger partial charge is 0.416 e. The fraction of sp³-hybridized carbons (Fsp3) is 0.370. The van der Waals surface area contributed by atoms with E-state index in [0.717, 1.165) is 47.9 Å². The number of hydrogen-bond acceptors (Lipinski definition) is 5. The lowest BCUT2D eigenvalue weighted by molar-refractivity contribution is -0.138. The first-order chi connectivity index (χ1) is 18.3. The van der Waals surface area contributed by atoms with E-state index in [1.165, 1.54) is 12.1 Å². The molecule has 6 nitrogen and oxygen atoms in total. The maximum Gasteiger partial charge on any atom is 0.416 e. The van der Waals surface area contributed by atoms with Gasteiger partial charge in [-0.25, -0.2) is 15.0 Å². The molecule has 2 aromatic carbocycles. The van der Waals surface area contributed by atoms with Gasteiger partial charge in [0, 0.05) is 25.7 Å². The molecule has 4 heterocycles. The average Bonchev–Trinajstić information content (AvgIpc) is 3.56. The Kier molecular flexibility index (Phi) is 6.60. The summed E-state index contributed by atoms with van der Waals surface area (Å²) in [6.07, 6.45) is 0.381. The average molecular weight is 561 g/mol. The lowest BCUT2D eigenvalue weighted by atomic mass is 9.86. The molecule has 2 aliphatic heterocycles. The van der Waals surface area contributed by atoms with Crippen molar-refractivity contribution in [2.24, 2.45) is 0 Å². The highest BCUT2D eigenvalue weighted by molar-refractivity contribution is 6.42. The van der Waals surface area contributed by atoms with Gasteiger partial charge in [0.2, 0.25) is 0 Å². The maximum atomic E-state index is 13.5. The van der Waals surface area contributed by atoms with Crippen LogP contribution in [-0.4, -0.2) is 39.6 Å². The fourth-order valence-corrected chi connectivity index (χ4v) is 6.03. The van der Waals surface area contributed by atoms with Gasteiger partial charge in [0.1, 0.15) is 23.8 Å². The van der Waals surface area contributed by atoms with Gasteiger partial charge in [-0.15, -0.1) is 0 Å². The van der Waals surface area contributed by atoms with Crippen molar-refractivity contribution in [3.63, 3.8) is 0 Å². The Morgan fingerprint density at radius 2 is 1.63 bits per heavy atom. The van der Waals surface area contributed by atoms with Crippen molar-refractivity contribution in [3.8, 4) is 0 Å². The highest BCUT2D eigenvalue weighted by Crippen LogP contribution is 2.40. The number of benzene rings is 2. The van der Waals surface area contributed by atoms with E-state index in [1.54, 1.807) is 30.6 Å². The fourth-order valence-electron chi connectivity index (χ4n) is 5.71. The Bertz CT molecular complexity index is 1430. The highest BCUT2D eigenvalue weighted by atomic mass is 35.5.